The third kappa shape index (κ3) is 23.0. The Bertz CT molecular complexity index is 5440. The Labute approximate surface area is 776 Å². The summed E-state index contributed by atoms with van der Waals surface area (Å²) in [4.78, 5) is 88.0. The van der Waals surface area contributed by atoms with Gasteiger partial charge in [-0.2, -0.15) is 46.3 Å². The number of anilines is 3. The summed E-state index contributed by atoms with van der Waals surface area (Å²) in [5, 5.41) is 87.9. The molecule has 0 saturated carbocycles. The van der Waals surface area contributed by atoms with Crippen molar-refractivity contribution in [1.82, 2.24) is 59.1 Å². The SMILES string of the molecule is CC(C)OC(=O)[C@H](C)NP(=O)(OC[C@H]1O[C@@](C#N)(c2ccc3c(N)ncnn23)[C@](C)(O)[C@@H]1OC(=O)C(C)C)Oc1ccccc1.CC(C)OC(=O)[C@H](C)N[P@@](=O)(OC[C@H]1O[C@@](C#N)(c2ccc3c(N)ncnn23)[C@](C)(O)[C@@H]1OC(=O)C(C)C)Oc1ccccc1.CC(C)OC(=O)[C@H](C)N[P@](=O)(OC[C@H]1O[C@@](C#N)(c2ccc3c(N)ncnn23)[C@](C)(O)[C@@H]1OC(=O)C(C)C)Oc1ccccc1. The number of nitrogens with one attached hydrogen (secondary N) is 3. The molecular weight excluding hydrogens is 1820 g/mol. The van der Waals surface area contributed by atoms with Crippen molar-refractivity contribution in [3.8, 4) is 35.5 Å². The number of esters is 6. The van der Waals surface area contributed by atoms with E-state index in [0.717, 1.165) is 0 Å². The summed E-state index contributed by atoms with van der Waals surface area (Å²) in [7, 11) is -13.2. The van der Waals surface area contributed by atoms with Gasteiger partial charge in [0.2, 0.25) is 16.8 Å². The van der Waals surface area contributed by atoms with Gasteiger partial charge in [0.05, 0.1) is 73.0 Å². The molecule has 0 spiro atoms. The normalized spacial score (nSPS) is 25.1. The highest BCUT2D eigenvalue weighted by atomic mass is 31.2. The number of hydrogen-bond donors (Lipinski definition) is 9. The Morgan fingerprint density at radius 2 is 0.622 bits per heavy atom. The highest BCUT2D eigenvalue weighted by Crippen LogP contribution is 2.56. The number of nitrogens with two attached hydrogens (primary N) is 3. The minimum Gasteiger partial charge on any atom is -0.462 e. The van der Waals surface area contributed by atoms with Gasteiger partial charge >= 0.3 is 59.1 Å². The Hall–Kier alpha value is -12.2. The number of nitrogen functional groups attached to an aromatic ring is 3. The zero-order valence-electron chi connectivity index (χ0n) is 77.2. The molecule has 3 aromatic carbocycles. The molecule has 3 aliphatic heterocycles. The number of nitrogens with zero attached hydrogens (tertiary/aromatic N) is 12. The summed E-state index contributed by atoms with van der Waals surface area (Å²) in [5.41, 5.74) is 5.98. The van der Waals surface area contributed by atoms with Crippen LogP contribution in [0.25, 0.3) is 16.6 Å². The van der Waals surface area contributed by atoms with E-state index in [-0.39, 0.29) is 51.8 Å². The Balaban J connectivity index is 0.000000209. The molecule has 45 nitrogen and oxygen atoms in total. The highest BCUT2D eigenvalue weighted by molar-refractivity contribution is 7.52. The maximum Gasteiger partial charge on any atom is 0.459 e. The molecule has 0 bridgehead atoms. The standard InChI is InChI=1S/3C29H37N6O9P/c3*1-17(2)26(36)42-24-22(43-29(15-30,28(24,6)38)23-13-12-21-25(31)32-16-33-35(21)23)14-40-45(39,44-20-10-8-7-9-11-20)34-19(5)27(37)41-18(3)4/h3*7-13,16-19,22,24,38H,14H2,1-6H3,(H,34,39)(H2,31,32,33)/t19-,22+,24+,28+,29-,45?;19-,22+,24+,28+,29-,45+;19-,22+,24+,28+,29-,45-/m000/s1. The first kappa shape index (κ1) is 105. The number of fused-ring (bicyclic) bond motifs is 3. The molecule has 12 rings (SSSR count). The van der Waals surface area contributed by atoms with Gasteiger partial charge in [-0.3, -0.25) is 42.3 Å². The lowest BCUT2D eigenvalue weighted by molar-refractivity contribution is -0.168. The first-order valence-corrected chi connectivity index (χ1v) is 47.3. The molecule has 3 fully saturated rings. The van der Waals surface area contributed by atoms with Gasteiger partial charge in [-0.05, 0) is 156 Å². The van der Waals surface area contributed by atoms with Crippen LogP contribution in [0.15, 0.2) is 146 Å². The molecule has 135 heavy (non-hydrogen) atoms. The quantitative estimate of drug-likeness (QED) is 0.0101. The van der Waals surface area contributed by atoms with Gasteiger partial charge in [0.1, 0.15) is 124 Å². The summed E-state index contributed by atoms with van der Waals surface area (Å²) in [5.74, 6) is -5.23. The average molecular weight is 1930 g/mol. The molecule has 9 heterocycles. The van der Waals surface area contributed by atoms with E-state index in [9.17, 15) is 73.6 Å². The third-order valence-corrected chi connectivity index (χ3v) is 26.2. The number of ether oxygens (including phenoxy) is 9. The number of hydrogen-bond acceptors (Lipinski definition) is 39. The number of carbonyl (C=O) groups excluding carboxylic acids is 6. The molecule has 1 unspecified atom stereocenters. The Kier molecular flexibility index (Phi) is 33.3. The van der Waals surface area contributed by atoms with E-state index in [1.54, 1.807) is 156 Å². The van der Waals surface area contributed by atoms with E-state index >= 15 is 0 Å². The van der Waals surface area contributed by atoms with Crippen LogP contribution < -0.4 is 46.0 Å². The predicted molar refractivity (Wildman–Crippen MR) is 478 cm³/mol. The first-order valence-electron chi connectivity index (χ1n) is 42.7. The summed E-state index contributed by atoms with van der Waals surface area (Å²) >= 11 is 0. The number of benzene rings is 3. The maximum atomic E-state index is 14.1. The summed E-state index contributed by atoms with van der Waals surface area (Å²) < 4.78 is 132. The van der Waals surface area contributed by atoms with Crippen molar-refractivity contribution >= 4 is 93.1 Å². The molecule has 3 aliphatic rings. The van der Waals surface area contributed by atoms with Crippen LogP contribution in [0.1, 0.15) is 142 Å². The van der Waals surface area contributed by atoms with Gasteiger partial charge in [0.25, 0.3) is 0 Å². The lowest BCUT2D eigenvalue weighted by Crippen LogP contribution is -2.54. The summed E-state index contributed by atoms with van der Waals surface area (Å²) in [6, 6.07) is 36.0. The predicted octanol–water partition coefficient (Wildman–Crippen LogP) is 8.64. The van der Waals surface area contributed by atoms with Crippen LogP contribution in [0.2, 0.25) is 0 Å². The van der Waals surface area contributed by atoms with Crippen LogP contribution >= 0.6 is 23.2 Å². The number of rotatable bonds is 36. The maximum absolute atomic E-state index is 14.1. The number of aliphatic hydroxyl groups is 3. The molecule has 3 saturated heterocycles. The second kappa shape index (κ2) is 42.8. The molecule has 0 aliphatic carbocycles. The van der Waals surface area contributed by atoms with Gasteiger partial charge in [0, 0.05) is 0 Å². The minimum atomic E-state index is -4.40. The largest absolute Gasteiger partial charge is 0.462 e. The molecule has 0 radical (unpaired) electrons. The molecular formula is C87H111N18O27P3. The minimum absolute atomic E-state index is 0.0686. The van der Waals surface area contributed by atoms with Gasteiger partial charge in [-0.1, -0.05) is 96.1 Å². The lowest BCUT2D eigenvalue weighted by atomic mass is 9.80. The fourth-order valence-electron chi connectivity index (χ4n) is 14.4. The second-order valence-electron chi connectivity index (χ2n) is 33.9. The smallest absolute Gasteiger partial charge is 0.459 e. The average Bonchev–Trinajstić information content (AvgIpc) is 1.56. The van der Waals surface area contributed by atoms with E-state index in [1.807, 2.05) is 18.2 Å². The van der Waals surface area contributed by atoms with Gasteiger partial charge in [-0.15, -0.1) is 0 Å². The van der Waals surface area contributed by atoms with Crippen molar-refractivity contribution in [1.29, 1.82) is 15.8 Å². The van der Waals surface area contributed by atoms with Crippen molar-refractivity contribution in [3.63, 3.8) is 0 Å². The molecule has 18 atom stereocenters. The van der Waals surface area contributed by atoms with Crippen LogP contribution in [0.3, 0.4) is 0 Å². The van der Waals surface area contributed by atoms with E-state index < -0.39 is 203 Å². The number of para-hydroxylation sites is 3. The first-order chi connectivity index (χ1) is 63.4. The monoisotopic (exact) mass is 1930 g/mol. The van der Waals surface area contributed by atoms with Crippen LogP contribution in [0, 0.1) is 51.7 Å². The Morgan fingerprint density at radius 3 is 0.830 bits per heavy atom. The zero-order chi connectivity index (χ0) is 99.5. The third-order valence-electron chi connectivity index (χ3n) is 21.2. The molecule has 0 amide bonds. The second-order valence-corrected chi connectivity index (χ2v) is 39.0. The van der Waals surface area contributed by atoms with Crippen LogP contribution in [-0.2, 0) is 115 Å². The number of aromatic nitrogens is 9. The molecule has 9 aromatic rings. The topological polar surface area (TPSA) is 629 Å². The molecule has 48 heteroatoms. The van der Waals surface area contributed by atoms with Gasteiger partial charge in [0.15, 0.2) is 35.8 Å². The van der Waals surface area contributed by atoms with Crippen molar-refractivity contribution in [2.75, 3.05) is 37.0 Å². The molecule has 12 N–H and O–H groups in total. The van der Waals surface area contributed by atoms with Gasteiger partial charge < -0.3 is 88.7 Å². The van der Waals surface area contributed by atoms with Crippen molar-refractivity contribution < 1.29 is 128 Å². The number of nitriles is 3. The molecule has 726 valence electrons. The molecule has 6 aromatic heterocycles. The fraction of sp³-hybridized carbons (Fsp3) is 0.483. The lowest BCUT2D eigenvalue weighted by Gasteiger charge is -2.34. The van der Waals surface area contributed by atoms with E-state index in [0.29, 0.717) is 16.6 Å². The van der Waals surface area contributed by atoms with E-state index in [4.69, 9.17) is 87.0 Å². The van der Waals surface area contributed by atoms with Crippen LogP contribution in [-0.4, -0.2) is 205 Å². The van der Waals surface area contributed by atoms with Crippen LogP contribution in [0.4, 0.5) is 17.5 Å². The van der Waals surface area contributed by atoms with Crippen LogP contribution in [0.5, 0.6) is 17.2 Å². The highest BCUT2D eigenvalue weighted by Gasteiger charge is 2.71. The number of carbonyl (C=O) groups is 6. The zero-order valence-corrected chi connectivity index (χ0v) is 79.9. The van der Waals surface area contributed by atoms with Crippen molar-refractivity contribution in [2.45, 2.75) is 231 Å². The van der Waals surface area contributed by atoms with Crippen molar-refractivity contribution in [3.05, 3.63) is 163 Å². The van der Waals surface area contributed by atoms with Crippen molar-refractivity contribution in [2.24, 2.45) is 17.8 Å². The summed E-state index contributed by atoms with van der Waals surface area (Å²) in [6.45, 7) is 25.8. The summed E-state index contributed by atoms with van der Waals surface area (Å²) in [6.07, 6.45) is -6.45. The van der Waals surface area contributed by atoms with E-state index in [1.165, 1.54) is 129 Å². The van der Waals surface area contributed by atoms with Gasteiger partial charge in [-0.25, -0.2) is 42.2 Å². The Morgan fingerprint density at radius 1 is 0.393 bits per heavy atom. The van der Waals surface area contributed by atoms with E-state index in [2.05, 4.69) is 45.5 Å². The fourth-order valence-corrected chi connectivity index (χ4v) is 18.9.